The third-order valence-corrected chi connectivity index (χ3v) is 13.0. The van der Waals surface area contributed by atoms with Crippen LogP contribution in [0.2, 0.25) is 0 Å². The molecule has 76 heavy (non-hydrogen) atoms. The van der Waals surface area contributed by atoms with Gasteiger partial charge in [-0.3, -0.25) is 52.4 Å². The summed E-state index contributed by atoms with van der Waals surface area (Å²) in [5, 5.41) is 0. The summed E-state index contributed by atoms with van der Waals surface area (Å²) in [4.78, 5) is 0. The Labute approximate surface area is 439 Å². The van der Waals surface area contributed by atoms with E-state index in [2.05, 4.69) is 50.2 Å². The van der Waals surface area contributed by atoms with Gasteiger partial charge in [-0.1, -0.05) is 0 Å². The lowest BCUT2D eigenvalue weighted by molar-refractivity contribution is -0.319. The molecular formula is C18H28O46S12-6. The van der Waals surface area contributed by atoms with Crippen LogP contribution in [0.5, 0.6) is 0 Å². The van der Waals surface area contributed by atoms with Gasteiger partial charge in [0, 0.05) is 0 Å². The molecular weight excluding hydrogens is 1340 g/mol. The van der Waals surface area contributed by atoms with E-state index in [1.807, 2.05) is 0 Å². The minimum absolute atomic E-state index is 1.79. The first-order valence-corrected chi connectivity index (χ1v) is 31.5. The van der Waals surface area contributed by atoms with Crippen LogP contribution in [-0.4, -0.2) is 243 Å². The molecule has 6 unspecified atom stereocenters. The second-order valence-corrected chi connectivity index (χ2v) is 22.8. The molecule has 0 aromatic heterocycles. The normalized spacial score (nSPS) is 29.5. The zero-order valence-electron chi connectivity index (χ0n) is 34.8. The van der Waals surface area contributed by atoms with Crippen molar-refractivity contribution in [3.8, 4) is 0 Å². The van der Waals surface area contributed by atoms with Crippen molar-refractivity contribution in [2.24, 2.45) is 0 Å². The maximum atomic E-state index is 12.1. The molecule has 0 aliphatic carbocycles. The highest BCUT2D eigenvalue weighted by atomic mass is 32.3. The van der Waals surface area contributed by atoms with E-state index in [1.165, 1.54) is 0 Å². The van der Waals surface area contributed by atoms with Crippen LogP contribution in [0.3, 0.4) is 0 Å². The van der Waals surface area contributed by atoms with E-state index >= 15 is 0 Å². The summed E-state index contributed by atoms with van der Waals surface area (Å²) in [7, 11) is -36.1. The van der Waals surface area contributed by atoms with Gasteiger partial charge in [0.25, 0.3) is 0 Å². The highest BCUT2D eigenvalue weighted by molar-refractivity contribution is 7.82. The van der Waals surface area contributed by atoms with Gasteiger partial charge >= 0.3 is 62.4 Å². The molecule has 20 atom stereocenters. The van der Waals surface area contributed by atoms with Gasteiger partial charge in [-0.2, -0.15) is 50.5 Å². The van der Waals surface area contributed by atoms with E-state index in [1.54, 1.807) is 0 Å². The SMILES string of the molecule is O=S([O-])O[C@@H]1[C@@H](OS(=O)(=O)O)[C@H](OC[C@@H](OS(=O)[O-])[C@@H](OS(=O)[O-])[C@H](OS(=O)(=O)O)[C@@H](COS(=O)(=O)O)OS(=O)(=O)O)O[C@H](CO[C@@H]2O[C@H](COS(=O)(=O)O)[C@@H](OS(=O)(=O)O)[C@H](OS(=O)[O-])[C@H]2OS(=O)[O-])[C@H]1OS(=O)[O-]. The summed E-state index contributed by atoms with van der Waals surface area (Å²) < 4.78 is 410. The Hall–Kier alpha value is -0.520. The number of hydrogen-bond donors (Lipinski definition) is 6. The molecule has 0 spiro atoms. The second-order valence-electron chi connectivity index (χ2n) is 12.9. The number of hydrogen-bond acceptors (Lipinski definition) is 40. The zero-order chi connectivity index (χ0) is 58.7. The minimum atomic E-state index is -6.32. The molecule has 0 saturated carbocycles. The van der Waals surface area contributed by atoms with Crippen molar-refractivity contribution in [1.82, 2.24) is 0 Å². The van der Waals surface area contributed by atoms with Gasteiger partial charge in [0.2, 0.25) is 0 Å². The molecule has 0 amide bonds. The predicted octanol–water partition coefficient (Wildman–Crippen LogP) is -10.1. The van der Waals surface area contributed by atoms with Crippen molar-refractivity contribution in [2.45, 2.75) is 85.8 Å². The van der Waals surface area contributed by atoms with Gasteiger partial charge in [0.1, 0.15) is 61.0 Å². The predicted molar refractivity (Wildman–Crippen MR) is 213 cm³/mol. The molecule has 0 aromatic rings. The Balaban J connectivity index is 2.97. The van der Waals surface area contributed by atoms with Crippen LogP contribution in [-0.2, 0) is 200 Å². The first-order chi connectivity index (χ1) is 34.3. The van der Waals surface area contributed by atoms with Crippen LogP contribution < -0.4 is 0 Å². The summed E-state index contributed by atoms with van der Waals surface area (Å²) in [6.07, 6.45) is -43.1. The van der Waals surface area contributed by atoms with E-state index in [4.69, 9.17) is 28.1 Å². The van der Waals surface area contributed by atoms with Gasteiger partial charge in [-0.25, -0.2) is 50.4 Å². The smallest absolute Gasteiger partial charge is 0.397 e. The standard InChI is InChI=1S/C18H34O46S12/c19-65(20)55-7(10(57-67(23)24)12(63-75(43,44)45)8(61-73(37,38)39)4-52-72(34,35)36)2-50-18-16(64-76(46,47)48)13(58-68(25)26)9(56-66(21)22)5(53-18)1-49-17-15(60-70(29)30)14(59-69(27)28)11(62-74(40,41)42)6(54-17)3-51-71(31,32)33/h5-18H,1-4H2,(H,19,20)(H,21,22)(H,23,24)(H,25,26)(H,27,28)(H,29,30)(H,31,32,33)(H,34,35,36)(H,37,38,39)(H,40,41,42)(H,43,44,45)(H,46,47,48)/p-6/t5-,6-,7-,8-,9-,10-,11-,12-,13+,14+,15-,16-,17-,18-/m1/s1. The summed E-state index contributed by atoms with van der Waals surface area (Å²) in [6.45, 7) is -7.96. The van der Waals surface area contributed by atoms with E-state index < -0.39 is 243 Å². The molecule has 2 fully saturated rings. The van der Waals surface area contributed by atoms with Crippen LogP contribution in [0.15, 0.2) is 0 Å². The molecule has 46 nitrogen and oxygen atoms in total. The van der Waals surface area contributed by atoms with Crippen molar-refractivity contribution >= 4 is 131 Å². The maximum Gasteiger partial charge on any atom is 0.397 e. The van der Waals surface area contributed by atoms with Gasteiger partial charge in [0.15, 0.2) is 24.8 Å². The van der Waals surface area contributed by atoms with Gasteiger partial charge in [-0.15, -0.1) is 0 Å². The Kier molecular flexibility index (Phi) is 28.4. The van der Waals surface area contributed by atoms with Gasteiger partial charge < -0.3 is 46.3 Å². The fourth-order valence-corrected chi connectivity index (χ4v) is 10.8. The molecule has 2 aliphatic heterocycles. The second kappa shape index (κ2) is 30.2. The third kappa shape index (κ3) is 28.0. The summed E-state index contributed by atoms with van der Waals surface area (Å²) in [5.41, 5.74) is 0. The third-order valence-electron chi connectivity index (χ3n) is 7.94. The van der Waals surface area contributed by atoms with Crippen molar-refractivity contribution in [1.29, 1.82) is 0 Å². The Morgan fingerprint density at radius 2 is 0.803 bits per heavy atom. The molecule has 0 radical (unpaired) electrons. The van der Waals surface area contributed by atoms with Crippen LogP contribution >= 0.6 is 0 Å². The maximum absolute atomic E-state index is 12.1. The largest absolute Gasteiger partial charge is 0.750 e. The first kappa shape index (κ1) is 71.6. The van der Waals surface area contributed by atoms with Crippen LogP contribution in [0.25, 0.3) is 0 Å². The molecule has 0 aromatic carbocycles. The van der Waals surface area contributed by atoms with Crippen molar-refractivity contribution in [2.75, 3.05) is 26.4 Å². The number of rotatable bonds is 35. The molecule has 2 heterocycles. The monoisotopic (exact) mass is 1360 g/mol. The number of ether oxygens (including phenoxy) is 4. The Morgan fingerprint density at radius 3 is 1.22 bits per heavy atom. The lowest BCUT2D eigenvalue weighted by Gasteiger charge is -2.47. The highest BCUT2D eigenvalue weighted by Gasteiger charge is 2.56. The van der Waals surface area contributed by atoms with Crippen LogP contribution in [0.1, 0.15) is 0 Å². The molecule has 2 aliphatic rings. The Morgan fingerprint density at radius 1 is 0.395 bits per heavy atom. The van der Waals surface area contributed by atoms with Crippen molar-refractivity contribution < 1.29 is 200 Å². The van der Waals surface area contributed by atoms with Gasteiger partial charge in [0.05, 0.1) is 94.6 Å². The van der Waals surface area contributed by atoms with E-state index in [0.29, 0.717) is 0 Å². The lowest BCUT2D eigenvalue weighted by Crippen LogP contribution is -2.65. The first-order valence-electron chi connectivity index (χ1n) is 17.3. The van der Waals surface area contributed by atoms with E-state index in [9.17, 15) is 121 Å². The fourth-order valence-electron chi connectivity index (χ4n) is 5.78. The summed E-state index contributed by atoms with van der Waals surface area (Å²) >= 11 is -24.8. The van der Waals surface area contributed by atoms with E-state index in [-0.39, 0.29) is 0 Å². The summed E-state index contributed by atoms with van der Waals surface area (Å²) in [6, 6.07) is 0. The topological polar surface area (TPSA) is 715 Å². The Bertz CT molecular complexity index is 2760. The van der Waals surface area contributed by atoms with Crippen molar-refractivity contribution in [3.05, 3.63) is 0 Å². The highest BCUT2D eigenvalue weighted by Crippen LogP contribution is 2.35. The molecule has 0 bridgehead atoms. The average Bonchev–Trinajstić information content (AvgIpc) is 3.18. The van der Waals surface area contributed by atoms with Crippen LogP contribution in [0, 0.1) is 0 Å². The lowest BCUT2D eigenvalue weighted by atomic mass is 9.98. The molecule has 454 valence electrons. The molecule has 58 heteroatoms. The van der Waals surface area contributed by atoms with Crippen LogP contribution in [0.4, 0.5) is 0 Å². The molecule has 2 rings (SSSR count). The summed E-state index contributed by atoms with van der Waals surface area (Å²) in [5.74, 6) is 0. The molecule has 6 N–H and O–H groups in total. The van der Waals surface area contributed by atoms with E-state index in [0.717, 1.165) is 0 Å². The minimum Gasteiger partial charge on any atom is -0.750 e. The fraction of sp³-hybridized carbons (Fsp3) is 1.00. The average molecular weight is 1370 g/mol. The van der Waals surface area contributed by atoms with Crippen molar-refractivity contribution in [3.63, 3.8) is 0 Å². The van der Waals surface area contributed by atoms with Gasteiger partial charge in [-0.05, 0) is 0 Å². The quantitative estimate of drug-likeness (QED) is 0.0253. The zero-order valence-corrected chi connectivity index (χ0v) is 44.6. The molecule has 2 saturated heterocycles.